The summed E-state index contributed by atoms with van der Waals surface area (Å²) in [6.45, 7) is 3.69. The van der Waals surface area contributed by atoms with Crippen molar-refractivity contribution >= 4 is 11.6 Å². The molecule has 19 heavy (non-hydrogen) atoms. The van der Waals surface area contributed by atoms with Gasteiger partial charge in [0.1, 0.15) is 5.82 Å². The standard InChI is InChI=1S/C14H13ClFN3/c1-8-10-4-5-17-7-13(10)19-14(18-8)9-2-3-12(16)11(15)6-9/h2-3,6,17H,4-5,7H2,1H3. The van der Waals surface area contributed by atoms with Crippen LogP contribution in [0.2, 0.25) is 5.02 Å². The van der Waals surface area contributed by atoms with Gasteiger partial charge in [-0.05, 0) is 43.7 Å². The van der Waals surface area contributed by atoms with Crippen LogP contribution < -0.4 is 5.32 Å². The molecule has 3 nitrogen and oxygen atoms in total. The van der Waals surface area contributed by atoms with Gasteiger partial charge in [-0.3, -0.25) is 0 Å². The molecule has 0 unspecified atom stereocenters. The van der Waals surface area contributed by atoms with Crippen LogP contribution >= 0.6 is 11.6 Å². The van der Waals surface area contributed by atoms with Gasteiger partial charge in [0.05, 0.1) is 10.7 Å². The summed E-state index contributed by atoms with van der Waals surface area (Å²) in [5.41, 5.74) is 3.97. The maximum atomic E-state index is 13.2. The van der Waals surface area contributed by atoms with E-state index in [9.17, 15) is 4.39 Å². The molecule has 1 aromatic heterocycles. The average Bonchev–Trinajstić information content (AvgIpc) is 2.42. The molecule has 1 aliphatic rings. The molecule has 2 heterocycles. The quantitative estimate of drug-likeness (QED) is 0.871. The number of aromatic nitrogens is 2. The highest BCUT2D eigenvalue weighted by Gasteiger charge is 2.16. The zero-order valence-electron chi connectivity index (χ0n) is 10.5. The smallest absolute Gasteiger partial charge is 0.159 e. The molecule has 1 aliphatic heterocycles. The van der Waals surface area contributed by atoms with Crippen LogP contribution in [0, 0.1) is 12.7 Å². The average molecular weight is 278 g/mol. The molecule has 0 radical (unpaired) electrons. The van der Waals surface area contributed by atoms with E-state index in [0.29, 0.717) is 5.82 Å². The second-order valence-electron chi connectivity index (χ2n) is 4.61. The van der Waals surface area contributed by atoms with Crippen LogP contribution in [0.4, 0.5) is 4.39 Å². The number of nitrogens with one attached hydrogen (secondary N) is 1. The van der Waals surface area contributed by atoms with Gasteiger partial charge in [-0.1, -0.05) is 11.6 Å². The fourth-order valence-corrected chi connectivity index (χ4v) is 2.49. The van der Waals surface area contributed by atoms with Crippen LogP contribution in [0.25, 0.3) is 11.4 Å². The fourth-order valence-electron chi connectivity index (χ4n) is 2.31. The summed E-state index contributed by atoms with van der Waals surface area (Å²) in [4.78, 5) is 9.07. The summed E-state index contributed by atoms with van der Waals surface area (Å²) in [5, 5.41) is 3.38. The molecule has 0 saturated heterocycles. The topological polar surface area (TPSA) is 37.8 Å². The fraction of sp³-hybridized carbons (Fsp3) is 0.286. The number of nitrogens with zero attached hydrogens (tertiary/aromatic N) is 2. The minimum atomic E-state index is -0.429. The van der Waals surface area contributed by atoms with Gasteiger partial charge in [0.25, 0.3) is 0 Å². The Labute approximate surface area is 115 Å². The van der Waals surface area contributed by atoms with Crippen LogP contribution in [-0.4, -0.2) is 16.5 Å². The summed E-state index contributed by atoms with van der Waals surface area (Å²) < 4.78 is 13.2. The number of hydrogen-bond acceptors (Lipinski definition) is 3. The van der Waals surface area contributed by atoms with E-state index < -0.39 is 5.82 Å². The lowest BCUT2D eigenvalue weighted by molar-refractivity contribution is 0.619. The van der Waals surface area contributed by atoms with E-state index in [1.54, 1.807) is 12.1 Å². The third kappa shape index (κ3) is 2.33. The summed E-state index contributed by atoms with van der Waals surface area (Å²) in [5.74, 6) is 0.170. The maximum Gasteiger partial charge on any atom is 0.159 e. The zero-order chi connectivity index (χ0) is 13.4. The van der Waals surface area contributed by atoms with E-state index in [-0.39, 0.29) is 5.02 Å². The van der Waals surface area contributed by atoms with Crippen molar-refractivity contribution < 1.29 is 4.39 Å². The van der Waals surface area contributed by atoms with Crippen molar-refractivity contribution in [2.75, 3.05) is 6.54 Å². The van der Waals surface area contributed by atoms with Crippen LogP contribution in [0.3, 0.4) is 0 Å². The molecule has 0 aliphatic carbocycles. The monoisotopic (exact) mass is 277 g/mol. The Bertz CT molecular complexity index is 643. The first-order chi connectivity index (χ1) is 9.15. The van der Waals surface area contributed by atoms with Crippen LogP contribution in [0.1, 0.15) is 17.0 Å². The second kappa shape index (κ2) is 4.87. The predicted octanol–water partition coefficient (Wildman–Crippen LogP) is 2.89. The summed E-state index contributed by atoms with van der Waals surface area (Å²) in [6.07, 6.45) is 0.950. The van der Waals surface area contributed by atoms with Gasteiger partial charge in [0.2, 0.25) is 0 Å². The zero-order valence-corrected chi connectivity index (χ0v) is 11.3. The van der Waals surface area contributed by atoms with Crippen LogP contribution in [0.15, 0.2) is 18.2 Å². The Morgan fingerprint density at radius 1 is 1.32 bits per heavy atom. The van der Waals surface area contributed by atoms with E-state index in [4.69, 9.17) is 11.6 Å². The highest BCUT2D eigenvalue weighted by Crippen LogP contribution is 2.25. The Morgan fingerprint density at radius 3 is 2.95 bits per heavy atom. The Hall–Kier alpha value is -1.52. The molecule has 0 atom stereocenters. The van der Waals surface area contributed by atoms with E-state index in [2.05, 4.69) is 15.3 Å². The number of rotatable bonds is 1. The van der Waals surface area contributed by atoms with Gasteiger partial charge >= 0.3 is 0 Å². The molecule has 98 valence electrons. The minimum Gasteiger partial charge on any atom is -0.311 e. The first-order valence-corrected chi connectivity index (χ1v) is 6.55. The van der Waals surface area contributed by atoms with Crippen molar-refractivity contribution in [2.45, 2.75) is 19.9 Å². The first kappa shape index (κ1) is 12.5. The molecule has 0 bridgehead atoms. The molecule has 1 N–H and O–H groups in total. The normalized spacial score (nSPS) is 14.3. The lowest BCUT2D eigenvalue weighted by Crippen LogP contribution is -2.26. The largest absolute Gasteiger partial charge is 0.311 e. The number of benzene rings is 1. The number of aryl methyl sites for hydroxylation is 1. The Kier molecular flexibility index (Phi) is 3.21. The lowest BCUT2D eigenvalue weighted by atomic mass is 10.0. The van der Waals surface area contributed by atoms with E-state index in [0.717, 1.165) is 36.5 Å². The molecule has 3 rings (SSSR count). The predicted molar refractivity (Wildman–Crippen MR) is 72.6 cm³/mol. The first-order valence-electron chi connectivity index (χ1n) is 6.17. The summed E-state index contributed by atoms with van der Waals surface area (Å²) in [7, 11) is 0. The van der Waals surface area contributed by atoms with Crippen molar-refractivity contribution in [3.8, 4) is 11.4 Å². The van der Waals surface area contributed by atoms with Crippen molar-refractivity contribution in [1.29, 1.82) is 0 Å². The third-order valence-electron chi connectivity index (χ3n) is 3.32. The highest BCUT2D eigenvalue weighted by molar-refractivity contribution is 6.31. The molecule has 2 aromatic rings. The van der Waals surface area contributed by atoms with Gasteiger partial charge in [-0.25, -0.2) is 14.4 Å². The molecular weight excluding hydrogens is 265 g/mol. The van der Waals surface area contributed by atoms with Crippen molar-refractivity contribution in [1.82, 2.24) is 15.3 Å². The third-order valence-corrected chi connectivity index (χ3v) is 3.61. The van der Waals surface area contributed by atoms with Gasteiger partial charge in [0.15, 0.2) is 5.82 Å². The molecule has 1 aromatic carbocycles. The summed E-state index contributed by atoms with van der Waals surface area (Å²) in [6, 6.07) is 4.56. The maximum absolute atomic E-state index is 13.2. The van der Waals surface area contributed by atoms with Gasteiger partial charge < -0.3 is 5.32 Å². The molecule has 0 amide bonds. The lowest BCUT2D eigenvalue weighted by Gasteiger charge is -2.18. The molecule has 0 fully saturated rings. The molecule has 5 heteroatoms. The highest BCUT2D eigenvalue weighted by atomic mass is 35.5. The SMILES string of the molecule is Cc1nc(-c2ccc(F)c(Cl)c2)nc2c1CCNC2. The van der Waals surface area contributed by atoms with Crippen molar-refractivity contribution in [2.24, 2.45) is 0 Å². The van der Waals surface area contributed by atoms with E-state index >= 15 is 0 Å². The Morgan fingerprint density at radius 2 is 2.16 bits per heavy atom. The Balaban J connectivity index is 2.10. The molecular formula is C14H13ClFN3. The van der Waals surface area contributed by atoms with Crippen LogP contribution in [-0.2, 0) is 13.0 Å². The summed E-state index contributed by atoms with van der Waals surface area (Å²) >= 11 is 5.80. The van der Waals surface area contributed by atoms with Gasteiger partial charge in [-0.15, -0.1) is 0 Å². The van der Waals surface area contributed by atoms with Crippen molar-refractivity contribution in [3.05, 3.63) is 46.0 Å². The molecule has 0 spiro atoms. The van der Waals surface area contributed by atoms with Crippen LogP contribution in [0.5, 0.6) is 0 Å². The van der Waals surface area contributed by atoms with Gasteiger partial charge in [0, 0.05) is 17.8 Å². The number of halogens is 2. The number of fused-ring (bicyclic) bond motifs is 1. The van der Waals surface area contributed by atoms with Gasteiger partial charge in [-0.2, -0.15) is 0 Å². The minimum absolute atomic E-state index is 0.0922. The van der Waals surface area contributed by atoms with Crippen molar-refractivity contribution in [3.63, 3.8) is 0 Å². The second-order valence-corrected chi connectivity index (χ2v) is 5.02. The number of hydrogen-bond donors (Lipinski definition) is 1. The van der Waals surface area contributed by atoms with E-state index in [1.807, 2.05) is 6.92 Å². The van der Waals surface area contributed by atoms with E-state index in [1.165, 1.54) is 11.6 Å². The molecule has 0 saturated carbocycles.